The van der Waals surface area contributed by atoms with E-state index in [4.69, 9.17) is 9.47 Å². The first-order valence-corrected chi connectivity index (χ1v) is 8.54. The van der Waals surface area contributed by atoms with E-state index in [-0.39, 0.29) is 5.91 Å². The van der Waals surface area contributed by atoms with Crippen LogP contribution in [0.4, 0.5) is 0 Å². The van der Waals surface area contributed by atoms with Crippen LogP contribution in [-0.2, 0) is 11.2 Å². The van der Waals surface area contributed by atoms with Gasteiger partial charge in [0.1, 0.15) is 11.5 Å². The molecular weight excluding hydrogens is 332 g/mol. The van der Waals surface area contributed by atoms with Gasteiger partial charge in [-0.1, -0.05) is 12.1 Å². The molecule has 0 aliphatic carbocycles. The number of ether oxygens (including phenoxy) is 2. The SMILES string of the molecule is Cc1cccc(OC(C)C(=O)NNC(=O)c2ccc3c(c2)CCO3)c1C. The minimum Gasteiger partial charge on any atom is -0.493 e. The van der Waals surface area contributed by atoms with Crippen molar-refractivity contribution in [1.29, 1.82) is 0 Å². The Labute approximate surface area is 152 Å². The van der Waals surface area contributed by atoms with Crippen molar-refractivity contribution in [3.63, 3.8) is 0 Å². The van der Waals surface area contributed by atoms with E-state index in [0.29, 0.717) is 17.9 Å². The third-order valence-electron chi connectivity index (χ3n) is 4.48. The summed E-state index contributed by atoms with van der Waals surface area (Å²) < 4.78 is 11.1. The maximum atomic E-state index is 12.2. The molecule has 26 heavy (non-hydrogen) atoms. The summed E-state index contributed by atoms with van der Waals surface area (Å²) in [6, 6.07) is 10.9. The van der Waals surface area contributed by atoms with E-state index >= 15 is 0 Å². The Kier molecular flexibility index (Phi) is 5.11. The maximum Gasteiger partial charge on any atom is 0.279 e. The van der Waals surface area contributed by atoms with Gasteiger partial charge in [-0.2, -0.15) is 0 Å². The molecule has 0 aromatic heterocycles. The number of carbonyl (C=O) groups excluding carboxylic acids is 2. The zero-order chi connectivity index (χ0) is 18.7. The summed E-state index contributed by atoms with van der Waals surface area (Å²) in [6.07, 6.45) is 0.0352. The van der Waals surface area contributed by atoms with Crippen LogP contribution in [0.1, 0.15) is 34.0 Å². The molecule has 136 valence electrons. The number of hydrogen-bond donors (Lipinski definition) is 2. The lowest BCUT2D eigenvalue weighted by molar-refractivity contribution is -0.128. The fourth-order valence-electron chi connectivity index (χ4n) is 2.72. The number of hydrogen-bond acceptors (Lipinski definition) is 4. The standard InChI is InChI=1S/C20H22N2O4/c1-12-5-4-6-17(13(12)2)26-14(3)19(23)21-22-20(24)16-7-8-18-15(11-16)9-10-25-18/h4-8,11,14H,9-10H2,1-3H3,(H,21,23)(H,22,24). The van der Waals surface area contributed by atoms with Gasteiger partial charge in [-0.15, -0.1) is 0 Å². The molecule has 0 bridgehead atoms. The molecule has 0 saturated carbocycles. The van der Waals surface area contributed by atoms with Gasteiger partial charge in [-0.05, 0) is 61.7 Å². The molecule has 0 saturated heterocycles. The van der Waals surface area contributed by atoms with E-state index < -0.39 is 12.0 Å². The zero-order valence-electron chi connectivity index (χ0n) is 15.1. The first kappa shape index (κ1) is 17.8. The maximum absolute atomic E-state index is 12.2. The smallest absolute Gasteiger partial charge is 0.279 e. The van der Waals surface area contributed by atoms with Gasteiger partial charge in [0.2, 0.25) is 0 Å². The number of amides is 2. The highest BCUT2D eigenvalue weighted by atomic mass is 16.5. The molecule has 1 heterocycles. The van der Waals surface area contributed by atoms with Crippen molar-refractivity contribution in [1.82, 2.24) is 10.9 Å². The quantitative estimate of drug-likeness (QED) is 0.827. The molecule has 2 aromatic carbocycles. The lowest BCUT2D eigenvalue weighted by Crippen LogP contribution is -2.47. The van der Waals surface area contributed by atoms with Gasteiger partial charge in [0.25, 0.3) is 11.8 Å². The van der Waals surface area contributed by atoms with E-state index in [1.807, 2.05) is 32.0 Å². The summed E-state index contributed by atoms with van der Waals surface area (Å²) in [5.41, 5.74) is 8.37. The van der Waals surface area contributed by atoms with E-state index in [1.54, 1.807) is 25.1 Å². The van der Waals surface area contributed by atoms with E-state index in [9.17, 15) is 9.59 Å². The largest absolute Gasteiger partial charge is 0.493 e. The van der Waals surface area contributed by atoms with Crippen LogP contribution >= 0.6 is 0 Å². The number of carbonyl (C=O) groups is 2. The topological polar surface area (TPSA) is 76.7 Å². The lowest BCUT2D eigenvalue weighted by atomic mass is 10.1. The fraction of sp³-hybridized carbons (Fsp3) is 0.300. The molecule has 2 N–H and O–H groups in total. The second-order valence-electron chi connectivity index (χ2n) is 6.32. The summed E-state index contributed by atoms with van der Waals surface area (Å²) in [4.78, 5) is 24.4. The minimum absolute atomic E-state index is 0.382. The van der Waals surface area contributed by atoms with Crippen LogP contribution in [-0.4, -0.2) is 24.5 Å². The Hall–Kier alpha value is -3.02. The Balaban J connectivity index is 1.56. The number of fused-ring (bicyclic) bond motifs is 1. The summed E-state index contributed by atoms with van der Waals surface area (Å²) in [5.74, 6) is 0.648. The van der Waals surface area contributed by atoms with Crippen LogP contribution in [0.3, 0.4) is 0 Å². The number of benzene rings is 2. The number of nitrogens with one attached hydrogen (secondary N) is 2. The molecule has 0 spiro atoms. The first-order chi connectivity index (χ1) is 12.5. The number of rotatable bonds is 4. The molecule has 6 heteroatoms. The minimum atomic E-state index is -0.746. The van der Waals surface area contributed by atoms with Crippen molar-refractivity contribution in [2.75, 3.05) is 6.61 Å². The Morgan fingerprint density at radius 3 is 2.77 bits per heavy atom. The second kappa shape index (κ2) is 7.47. The van der Waals surface area contributed by atoms with Crippen molar-refractivity contribution in [2.45, 2.75) is 33.3 Å². The van der Waals surface area contributed by atoms with Gasteiger partial charge in [0.05, 0.1) is 6.61 Å². The van der Waals surface area contributed by atoms with Crippen molar-refractivity contribution in [3.05, 3.63) is 58.7 Å². The molecule has 1 atom stereocenters. The molecule has 1 unspecified atom stereocenters. The monoisotopic (exact) mass is 354 g/mol. The molecule has 6 nitrogen and oxygen atoms in total. The van der Waals surface area contributed by atoms with Gasteiger partial charge in [-0.25, -0.2) is 0 Å². The highest BCUT2D eigenvalue weighted by molar-refractivity contribution is 5.96. The highest BCUT2D eigenvalue weighted by Crippen LogP contribution is 2.25. The van der Waals surface area contributed by atoms with Crippen LogP contribution in [0, 0.1) is 13.8 Å². The van der Waals surface area contributed by atoms with Gasteiger partial charge in [-0.3, -0.25) is 20.4 Å². The van der Waals surface area contributed by atoms with Crippen LogP contribution in [0.5, 0.6) is 11.5 Å². The third-order valence-corrected chi connectivity index (χ3v) is 4.48. The predicted octanol–water partition coefficient (Wildman–Crippen LogP) is 2.47. The second-order valence-corrected chi connectivity index (χ2v) is 6.32. The van der Waals surface area contributed by atoms with Crippen LogP contribution in [0.25, 0.3) is 0 Å². The number of aryl methyl sites for hydroxylation is 1. The summed E-state index contributed by atoms with van der Waals surface area (Å²) in [7, 11) is 0. The summed E-state index contributed by atoms with van der Waals surface area (Å²) >= 11 is 0. The van der Waals surface area contributed by atoms with Gasteiger partial charge >= 0.3 is 0 Å². The average molecular weight is 354 g/mol. The van der Waals surface area contributed by atoms with E-state index in [2.05, 4.69) is 10.9 Å². The van der Waals surface area contributed by atoms with Gasteiger partial charge in [0.15, 0.2) is 6.10 Å². The van der Waals surface area contributed by atoms with E-state index in [0.717, 1.165) is 28.9 Å². The third kappa shape index (κ3) is 3.79. The molecular formula is C20H22N2O4. The summed E-state index contributed by atoms with van der Waals surface area (Å²) in [6.45, 7) is 6.18. The van der Waals surface area contributed by atoms with Crippen LogP contribution in [0.2, 0.25) is 0 Å². The fourth-order valence-corrected chi connectivity index (χ4v) is 2.72. The molecule has 1 aliphatic heterocycles. The average Bonchev–Trinajstić information content (AvgIpc) is 3.10. The highest BCUT2D eigenvalue weighted by Gasteiger charge is 2.18. The zero-order valence-corrected chi connectivity index (χ0v) is 15.1. The molecule has 0 radical (unpaired) electrons. The Bertz CT molecular complexity index is 848. The van der Waals surface area contributed by atoms with Crippen molar-refractivity contribution >= 4 is 11.8 Å². The Morgan fingerprint density at radius 1 is 1.15 bits per heavy atom. The molecule has 2 amide bonds. The Morgan fingerprint density at radius 2 is 1.96 bits per heavy atom. The van der Waals surface area contributed by atoms with Crippen molar-refractivity contribution in [2.24, 2.45) is 0 Å². The van der Waals surface area contributed by atoms with Gasteiger partial charge in [0, 0.05) is 12.0 Å². The number of hydrazine groups is 1. The molecule has 1 aliphatic rings. The molecule has 3 rings (SSSR count). The van der Waals surface area contributed by atoms with Crippen molar-refractivity contribution < 1.29 is 19.1 Å². The molecule has 2 aromatic rings. The molecule has 0 fully saturated rings. The normalized spacial score (nSPS) is 13.3. The van der Waals surface area contributed by atoms with E-state index in [1.165, 1.54) is 0 Å². The van der Waals surface area contributed by atoms with Crippen LogP contribution in [0.15, 0.2) is 36.4 Å². The van der Waals surface area contributed by atoms with Crippen LogP contribution < -0.4 is 20.3 Å². The van der Waals surface area contributed by atoms with Crippen molar-refractivity contribution in [3.8, 4) is 11.5 Å². The summed E-state index contributed by atoms with van der Waals surface area (Å²) in [5, 5.41) is 0. The lowest BCUT2D eigenvalue weighted by Gasteiger charge is -2.17. The first-order valence-electron chi connectivity index (χ1n) is 8.54. The van der Waals surface area contributed by atoms with Gasteiger partial charge < -0.3 is 9.47 Å². The predicted molar refractivity (Wildman–Crippen MR) is 97.3 cm³/mol.